The molecule has 2 aromatic rings. The number of hydrogen-bond donors (Lipinski definition) is 0. The predicted molar refractivity (Wildman–Crippen MR) is 104 cm³/mol. The summed E-state index contributed by atoms with van der Waals surface area (Å²) >= 11 is 1.83. The summed E-state index contributed by atoms with van der Waals surface area (Å²) in [5, 5.41) is 0. The lowest BCUT2D eigenvalue weighted by atomic mass is 9.93. The van der Waals surface area contributed by atoms with Gasteiger partial charge in [0.15, 0.2) is 0 Å². The number of carbonyl (C=O) groups is 1. The summed E-state index contributed by atoms with van der Waals surface area (Å²) in [6, 6.07) is 14.5. The van der Waals surface area contributed by atoms with Gasteiger partial charge in [-0.2, -0.15) is 0 Å². The zero-order valence-electron chi connectivity index (χ0n) is 14.9. The lowest BCUT2D eigenvalue weighted by molar-refractivity contribution is -0.131. The summed E-state index contributed by atoms with van der Waals surface area (Å²) in [6.45, 7) is 2.43. The number of hydrogen-bond acceptors (Lipinski definition) is 4. The summed E-state index contributed by atoms with van der Waals surface area (Å²) in [7, 11) is 4.17. The largest absolute Gasteiger partial charge is 0.427 e. The Hall–Kier alpha value is -2.04. The van der Waals surface area contributed by atoms with E-state index in [0.717, 1.165) is 24.3 Å². The van der Waals surface area contributed by atoms with Crippen molar-refractivity contribution < 1.29 is 9.53 Å². The molecule has 0 spiro atoms. The molecule has 0 bridgehead atoms. The number of nitrogens with zero attached hydrogens (tertiary/aromatic N) is 1. The zero-order valence-corrected chi connectivity index (χ0v) is 15.7. The third-order valence-corrected chi connectivity index (χ3v) is 5.24. The smallest absolute Gasteiger partial charge is 0.308 e. The van der Waals surface area contributed by atoms with E-state index in [1.807, 2.05) is 23.9 Å². The minimum Gasteiger partial charge on any atom is -0.427 e. The first-order valence-electron chi connectivity index (χ1n) is 8.43. The molecule has 3 nitrogen and oxygen atoms in total. The van der Waals surface area contributed by atoms with Gasteiger partial charge >= 0.3 is 5.97 Å². The third kappa shape index (κ3) is 4.33. The Morgan fingerprint density at radius 1 is 1.20 bits per heavy atom. The molecule has 0 saturated carbocycles. The fraction of sp³-hybridized carbons (Fsp3) is 0.286. The van der Waals surface area contributed by atoms with Crippen LogP contribution in [0, 0.1) is 0 Å². The third-order valence-electron chi connectivity index (χ3n) is 4.12. The molecule has 1 aliphatic rings. The summed E-state index contributed by atoms with van der Waals surface area (Å²) in [6.07, 6.45) is 3.28. The van der Waals surface area contributed by atoms with Crippen molar-refractivity contribution in [2.24, 2.45) is 0 Å². The monoisotopic (exact) mass is 353 g/mol. The van der Waals surface area contributed by atoms with E-state index in [4.69, 9.17) is 4.74 Å². The van der Waals surface area contributed by atoms with Crippen LogP contribution in [0.15, 0.2) is 53.4 Å². The van der Waals surface area contributed by atoms with Crippen molar-refractivity contribution in [2.45, 2.75) is 24.0 Å². The number of carbonyl (C=O) groups excluding carboxylic acids is 1. The van der Waals surface area contributed by atoms with Crippen LogP contribution in [-0.2, 0) is 10.5 Å². The van der Waals surface area contributed by atoms with Crippen LogP contribution in [0.3, 0.4) is 0 Å². The van der Waals surface area contributed by atoms with E-state index in [1.54, 1.807) is 0 Å². The van der Waals surface area contributed by atoms with Gasteiger partial charge in [-0.25, -0.2) is 0 Å². The van der Waals surface area contributed by atoms with Crippen LogP contribution in [-0.4, -0.2) is 31.5 Å². The van der Waals surface area contributed by atoms with Crippen LogP contribution < -0.4 is 4.74 Å². The molecule has 130 valence electrons. The number of rotatable bonds is 4. The highest BCUT2D eigenvalue weighted by atomic mass is 32.2. The van der Waals surface area contributed by atoms with E-state index >= 15 is 0 Å². The van der Waals surface area contributed by atoms with Gasteiger partial charge in [0.2, 0.25) is 0 Å². The number of ether oxygens (including phenoxy) is 1. The molecule has 2 aromatic carbocycles. The summed E-state index contributed by atoms with van der Waals surface area (Å²) < 4.78 is 5.32. The average molecular weight is 353 g/mol. The Balaban J connectivity index is 2.08. The quantitative estimate of drug-likeness (QED) is 0.593. The number of benzene rings is 2. The molecule has 0 unspecified atom stereocenters. The Morgan fingerprint density at radius 2 is 2.00 bits per heavy atom. The minimum atomic E-state index is -0.292. The summed E-state index contributed by atoms with van der Waals surface area (Å²) in [5.41, 5.74) is 4.99. The highest BCUT2D eigenvalue weighted by molar-refractivity contribution is 7.98. The van der Waals surface area contributed by atoms with Crippen LogP contribution >= 0.6 is 11.8 Å². The summed E-state index contributed by atoms with van der Waals surface area (Å²) in [5.74, 6) is 1.26. The Kier molecular flexibility index (Phi) is 5.61. The van der Waals surface area contributed by atoms with Crippen LogP contribution in [0.4, 0.5) is 0 Å². The van der Waals surface area contributed by atoms with E-state index in [2.05, 4.69) is 55.4 Å². The Bertz CT molecular complexity index is 811. The topological polar surface area (TPSA) is 29.5 Å². The molecular weight excluding hydrogens is 330 g/mol. The second-order valence-electron chi connectivity index (χ2n) is 6.41. The molecule has 25 heavy (non-hydrogen) atoms. The van der Waals surface area contributed by atoms with Gasteiger partial charge in [0, 0.05) is 24.1 Å². The lowest BCUT2D eigenvalue weighted by Crippen LogP contribution is -2.12. The average Bonchev–Trinajstić information content (AvgIpc) is 2.72. The van der Waals surface area contributed by atoms with Gasteiger partial charge in [0.25, 0.3) is 0 Å². The van der Waals surface area contributed by atoms with Crippen molar-refractivity contribution in [3.8, 4) is 5.75 Å². The number of thioether (sulfide) groups is 1. The predicted octanol–water partition coefficient (Wildman–Crippen LogP) is 4.60. The molecule has 1 heterocycles. The van der Waals surface area contributed by atoms with Crippen molar-refractivity contribution >= 4 is 23.3 Å². The van der Waals surface area contributed by atoms with Gasteiger partial charge in [-0.3, -0.25) is 4.79 Å². The summed E-state index contributed by atoms with van der Waals surface area (Å²) in [4.78, 5) is 14.7. The highest BCUT2D eigenvalue weighted by Gasteiger charge is 2.19. The SMILES string of the molecule is CC(=O)Oc1ccc2c(c1)/C(=C\CCN(C)C)c1ccccc1CS2. The van der Waals surface area contributed by atoms with Crippen molar-refractivity contribution in [1.82, 2.24) is 4.90 Å². The second-order valence-corrected chi connectivity index (χ2v) is 7.42. The Labute approximate surface area is 153 Å². The molecular formula is C21H23NO2S. The maximum absolute atomic E-state index is 11.3. The van der Waals surface area contributed by atoms with Crippen LogP contribution in [0.1, 0.15) is 30.0 Å². The molecule has 0 radical (unpaired) electrons. The fourth-order valence-electron chi connectivity index (χ4n) is 2.97. The zero-order chi connectivity index (χ0) is 17.8. The first kappa shape index (κ1) is 17.8. The fourth-order valence-corrected chi connectivity index (χ4v) is 4.02. The molecule has 0 atom stereocenters. The van der Waals surface area contributed by atoms with Gasteiger partial charge in [-0.15, -0.1) is 11.8 Å². The van der Waals surface area contributed by atoms with E-state index in [0.29, 0.717) is 5.75 Å². The first-order valence-corrected chi connectivity index (χ1v) is 9.42. The number of fused-ring (bicyclic) bond motifs is 2. The van der Waals surface area contributed by atoms with Crippen LogP contribution in [0.2, 0.25) is 0 Å². The minimum absolute atomic E-state index is 0.292. The van der Waals surface area contributed by atoms with Crippen molar-refractivity contribution in [2.75, 3.05) is 20.6 Å². The van der Waals surface area contributed by atoms with Crippen molar-refractivity contribution in [1.29, 1.82) is 0 Å². The standard InChI is InChI=1S/C21H23NO2S/c1-15(23)24-17-10-11-21-20(13-17)19(9-6-12-22(2)3)18-8-5-4-7-16(18)14-25-21/h4-5,7-11,13H,6,12,14H2,1-3H3/b19-9-. The molecule has 0 aromatic heterocycles. The van der Waals surface area contributed by atoms with E-state index < -0.39 is 0 Å². The van der Waals surface area contributed by atoms with Gasteiger partial charge in [-0.1, -0.05) is 30.3 Å². The van der Waals surface area contributed by atoms with Crippen molar-refractivity contribution in [3.05, 3.63) is 65.2 Å². The van der Waals surface area contributed by atoms with Gasteiger partial charge in [0.05, 0.1) is 0 Å². The van der Waals surface area contributed by atoms with Crippen molar-refractivity contribution in [3.63, 3.8) is 0 Å². The number of esters is 1. The van der Waals surface area contributed by atoms with E-state index in [9.17, 15) is 4.79 Å². The molecule has 0 fully saturated rings. The molecule has 4 heteroatoms. The van der Waals surface area contributed by atoms with E-state index in [-0.39, 0.29) is 5.97 Å². The Morgan fingerprint density at radius 3 is 2.76 bits per heavy atom. The van der Waals surface area contributed by atoms with Gasteiger partial charge < -0.3 is 9.64 Å². The van der Waals surface area contributed by atoms with Gasteiger partial charge in [-0.05, 0) is 61.0 Å². The maximum Gasteiger partial charge on any atom is 0.308 e. The first-order chi connectivity index (χ1) is 12.0. The molecule has 0 N–H and O–H groups in total. The lowest BCUT2D eigenvalue weighted by Gasteiger charge is -2.14. The second kappa shape index (κ2) is 7.89. The molecule has 0 saturated heterocycles. The highest BCUT2D eigenvalue weighted by Crippen LogP contribution is 2.41. The molecule has 1 aliphatic heterocycles. The van der Waals surface area contributed by atoms with Crippen LogP contribution in [0.25, 0.3) is 5.57 Å². The molecule has 0 aliphatic carbocycles. The molecule has 3 rings (SSSR count). The van der Waals surface area contributed by atoms with Gasteiger partial charge in [0.1, 0.15) is 5.75 Å². The maximum atomic E-state index is 11.3. The normalized spacial score (nSPS) is 14.8. The van der Waals surface area contributed by atoms with E-state index in [1.165, 1.54) is 28.5 Å². The van der Waals surface area contributed by atoms with Crippen LogP contribution in [0.5, 0.6) is 5.75 Å². The molecule has 0 amide bonds.